The summed E-state index contributed by atoms with van der Waals surface area (Å²) >= 11 is 0. The van der Waals surface area contributed by atoms with Gasteiger partial charge >= 0.3 is 12.0 Å². The average Bonchev–Trinajstić information content (AvgIpc) is 2.74. The van der Waals surface area contributed by atoms with Crippen LogP contribution in [-0.2, 0) is 4.79 Å². The van der Waals surface area contributed by atoms with E-state index in [0.29, 0.717) is 12.5 Å². The first-order chi connectivity index (χ1) is 8.02. The average molecular weight is 243 g/mol. The number of carbonyl (C=O) groups excluding carboxylic acids is 1. The Morgan fingerprint density at radius 1 is 1.53 bits per heavy atom. The van der Waals surface area contributed by atoms with Crippen LogP contribution in [0.3, 0.4) is 0 Å². The molecule has 2 atom stereocenters. The zero-order valence-electron chi connectivity index (χ0n) is 10.4. The number of aliphatic carboxylic acids is 1. The zero-order chi connectivity index (χ0) is 12.8. The molecule has 6 nitrogen and oxygen atoms in total. The monoisotopic (exact) mass is 243 g/mol. The Hall–Kier alpha value is -1.30. The van der Waals surface area contributed by atoms with Gasteiger partial charge in [0, 0.05) is 13.1 Å². The van der Waals surface area contributed by atoms with Gasteiger partial charge in [0.2, 0.25) is 0 Å². The minimum atomic E-state index is -1.03. The molecule has 1 heterocycles. The van der Waals surface area contributed by atoms with E-state index in [1.807, 2.05) is 0 Å². The van der Waals surface area contributed by atoms with Crippen molar-refractivity contribution in [1.82, 2.24) is 15.5 Å². The quantitative estimate of drug-likeness (QED) is 0.639. The number of carboxylic acid groups (broad SMARTS) is 1. The van der Waals surface area contributed by atoms with Gasteiger partial charge in [-0.2, -0.15) is 0 Å². The maximum absolute atomic E-state index is 11.4. The first-order valence-electron chi connectivity index (χ1n) is 6.02. The van der Waals surface area contributed by atoms with Crippen LogP contribution in [-0.4, -0.2) is 54.2 Å². The number of amides is 2. The van der Waals surface area contributed by atoms with Crippen molar-refractivity contribution in [2.75, 3.05) is 26.2 Å². The SMILES string of the molecule is CCN1CCC(CNC(=O)NC(C)C(=O)O)C1. The molecule has 0 aromatic heterocycles. The number of hydrogen-bond acceptors (Lipinski definition) is 3. The topological polar surface area (TPSA) is 81.7 Å². The number of likely N-dealkylation sites (tertiary alicyclic amines) is 1. The van der Waals surface area contributed by atoms with Gasteiger partial charge in [-0.3, -0.25) is 4.79 Å². The lowest BCUT2D eigenvalue weighted by molar-refractivity contribution is -0.138. The third kappa shape index (κ3) is 4.60. The van der Waals surface area contributed by atoms with Crippen molar-refractivity contribution in [2.45, 2.75) is 26.3 Å². The van der Waals surface area contributed by atoms with E-state index >= 15 is 0 Å². The van der Waals surface area contributed by atoms with Crippen molar-refractivity contribution in [3.05, 3.63) is 0 Å². The molecule has 0 radical (unpaired) electrons. The highest BCUT2D eigenvalue weighted by Crippen LogP contribution is 2.14. The lowest BCUT2D eigenvalue weighted by Gasteiger charge is -2.15. The number of nitrogens with zero attached hydrogens (tertiary/aromatic N) is 1. The summed E-state index contributed by atoms with van der Waals surface area (Å²) in [6.07, 6.45) is 1.09. The van der Waals surface area contributed by atoms with Crippen molar-refractivity contribution >= 4 is 12.0 Å². The molecule has 0 aliphatic carbocycles. The molecule has 3 N–H and O–H groups in total. The summed E-state index contributed by atoms with van der Waals surface area (Å²) in [5.41, 5.74) is 0. The molecule has 1 rings (SSSR count). The second-order valence-corrected chi connectivity index (χ2v) is 4.46. The van der Waals surface area contributed by atoms with Gasteiger partial charge in [0.1, 0.15) is 6.04 Å². The standard InChI is InChI=1S/C11H21N3O3/c1-3-14-5-4-9(7-14)6-12-11(17)13-8(2)10(15)16/h8-9H,3-7H2,1-2H3,(H,15,16)(H2,12,13,17). The Balaban J connectivity index is 2.18. The summed E-state index contributed by atoms with van der Waals surface area (Å²) in [7, 11) is 0. The summed E-state index contributed by atoms with van der Waals surface area (Å²) in [6, 6.07) is -1.26. The summed E-state index contributed by atoms with van der Waals surface area (Å²) in [6.45, 7) is 7.29. The Morgan fingerprint density at radius 3 is 2.76 bits per heavy atom. The first kappa shape index (κ1) is 13.8. The van der Waals surface area contributed by atoms with E-state index in [-0.39, 0.29) is 0 Å². The second-order valence-electron chi connectivity index (χ2n) is 4.46. The van der Waals surface area contributed by atoms with E-state index in [4.69, 9.17) is 5.11 Å². The van der Waals surface area contributed by atoms with Crippen molar-refractivity contribution < 1.29 is 14.7 Å². The lowest BCUT2D eigenvalue weighted by atomic mass is 10.1. The number of rotatable bonds is 5. The Bertz CT molecular complexity index is 283. The highest BCUT2D eigenvalue weighted by Gasteiger charge is 2.22. The minimum absolute atomic E-state index is 0.408. The van der Waals surface area contributed by atoms with Crippen LogP contribution in [0.5, 0.6) is 0 Å². The van der Waals surface area contributed by atoms with E-state index in [9.17, 15) is 9.59 Å². The zero-order valence-corrected chi connectivity index (χ0v) is 10.4. The van der Waals surface area contributed by atoms with E-state index < -0.39 is 18.0 Å². The Labute approximate surface area is 101 Å². The molecule has 1 fully saturated rings. The normalized spacial score (nSPS) is 22.1. The van der Waals surface area contributed by atoms with E-state index in [1.54, 1.807) is 0 Å². The van der Waals surface area contributed by atoms with Gasteiger partial charge in [-0.05, 0) is 32.4 Å². The molecule has 0 aromatic rings. The van der Waals surface area contributed by atoms with Gasteiger partial charge < -0.3 is 20.6 Å². The molecular formula is C11H21N3O3. The molecule has 98 valence electrons. The maximum atomic E-state index is 11.4. The van der Waals surface area contributed by atoms with Crippen molar-refractivity contribution in [3.63, 3.8) is 0 Å². The van der Waals surface area contributed by atoms with Gasteiger partial charge in [-0.25, -0.2) is 4.79 Å². The fourth-order valence-corrected chi connectivity index (χ4v) is 1.91. The van der Waals surface area contributed by atoms with Crippen LogP contribution < -0.4 is 10.6 Å². The maximum Gasteiger partial charge on any atom is 0.325 e. The summed E-state index contributed by atoms with van der Waals surface area (Å²) in [4.78, 5) is 24.2. The van der Waals surface area contributed by atoms with Crippen LogP contribution in [0.2, 0.25) is 0 Å². The molecule has 0 spiro atoms. The van der Waals surface area contributed by atoms with Crippen molar-refractivity contribution in [2.24, 2.45) is 5.92 Å². The molecule has 1 saturated heterocycles. The predicted octanol–water partition coefficient (Wildman–Crippen LogP) is 0.101. The molecule has 17 heavy (non-hydrogen) atoms. The van der Waals surface area contributed by atoms with Gasteiger partial charge in [0.25, 0.3) is 0 Å². The van der Waals surface area contributed by atoms with E-state index in [0.717, 1.165) is 26.1 Å². The number of hydrogen-bond donors (Lipinski definition) is 3. The molecule has 0 aromatic carbocycles. The predicted molar refractivity (Wildman–Crippen MR) is 63.9 cm³/mol. The Kier molecular flexibility index (Phi) is 5.21. The van der Waals surface area contributed by atoms with Crippen LogP contribution in [0.1, 0.15) is 20.3 Å². The van der Waals surface area contributed by atoms with E-state index in [1.165, 1.54) is 6.92 Å². The molecule has 0 saturated carbocycles. The lowest BCUT2D eigenvalue weighted by Crippen LogP contribution is -2.45. The van der Waals surface area contributed by atoms with Crippen LogP contribution in [0.4, 0.5) is 4.79 Å². The molecular weight excluding hydrogens is 222 g/mol. The summed E-state index contributed by atoms with van der Waals surface area (Å²) in [5.74, 6) is -0.556. The fourth-order valence-electron chi connectivity index (χ4n) is 1.91. The number of urea groups is 1. The highest BCUT2D eigenvalue weighted by atomic mass is 16.4. The molecule has 1 aliphatic heterocycles. The van der Waals surface area contributed by atoms with Crippen LogP contribution in [0, 0.1) is 5.92 Å². The van der Waals surface area contributed by atoms with Crippen LogP contribution in [0.15, 0.2) is 0 Å². The Morgan fingerprint density at radius 2 is 2.24 bits per heavy atom. The third-order valence-electron chi connectivity index (χ3n) is 3.09. The van der Waals surface area contributed by atoms with Gasteiger partial charge in [0.05, 0.1) is 0 Å². The highest BCUT2D eigenvalue weighted by molar-refractivity contribution is 5.82. The van der Waals surface area contributed by atoms with Gasteiger partial charge in [-0.1, -0.05) is 6.92 Å². The van der Waals surface area contributed by atoms with Crippen molar-refractivity contribution in [3.8, 4) is 0 Å². The summed E-state index contributed by atoms with van der Waals surface area (Å²) in [5, 5.41) is 13.7. The molecule has 6 heteroatoms. The number of carbonyl (C=O) groups is 2. The second kappa shape index (κ2) is 6.44. The molecule has 2 unspecified atom stereocenters. The first-order valence-corrected chi connectivity index (χ1v) is 6.02. The molecule has 1 aliphatic rings. The van der Waals surface area contributed by atoms with Gasteiger partial charge in [-0.15, -0.1) is 0 Å². The van der Waals surface area contributed by atoms with Gasteiger partial charge in [0.15, 0.2) is 0 Å². The van der Waals surface area contributed by atoms with Crippen LogP contribution in [0.25, 0.3) is 0 Å². The smallest absolute Gasteiger partial charge is 0.325 e. The fraction of sp³-hybridized carbons (Fsp3) is 0.818. The largest absolute Gasteiger partial charge is 0.480 e. The number of carboxylic acids is 1. The minimum Gasteiger partial charge on any atom is -0.480 e. The van der Waals surface area contributed by atoms with Crippen LogP contribution >= 0.6 is 0 Å². The molecule has 2 amide bonds. The number of nitrogens with one attached hydrogen (secondary N) is 2. The molecule has 0 bridgehead atoms. The van der Waals surface area contributed by atoms with Crippen molar-refractivity contribution in [1.29, 1.82) is 0 Å². The summed E-state index contributed by atoms with van der Waals surface area (Å²) < 4.78 is 0. The van der Waals surface area contributed by atoms with E-state index in [2.05, 4.69) is 22.5 Å². The third-order valence-corrected chi connectivity index (χ3v) is 3.09.